The van der Waals surface area contributed by atoms with E-state index in [0.717, 1.165) is 12.8 Å². The second-order valence-electron chi connectivity index (χ2n) is 12.4. The summed E-state index contributed by atoms with van der Waals surface area (Å²) in [5, 5.41) is 0. The van der Waals surface area contributed by atoms with Crippen molar-refractivity contribution in [1.82, 2.24) is 0 Å². The predicted molar refractivity (Wildman–Crippen MR) is 169 cm³/mol. The molecule has 1 unspecified atom stereocenters. The summed E-state index contributed by atoms with van der Waals surface area (Å²) in [4.78, 5) is 12.1. The fraction of sp³-hybridized carbons (Fsp3) is 0.972. The summed E-state index contributed by atoms with van der Waals surface area (Å²) in [6.45, 7) is 6.42. The molecule has 0 amide bonds. The number of hydrogen-bond acceptors (Lipinski definition) is 1. The predicted octanol–water partition coefficient (Wildman–Crippen LogP) is 13.3. The van der Waals surface area contributed by atoms with Gasteiger partial charge >= 0.3 is 0 Å². The Morgan fingerprint density at radius 3 is 0.730 bits per heavy atom. The summed E-state index contributed by atoms with van der Waals surface area (Å²) in [5.41, 5.74) is 0. The molecule has 0 heterocycles. The Morgan fingerprint density at radius 1 is 0.351 bits per heavy atom. The van der Waals surface area contributed by atoms with E-state index in [-0.39, 0.29) is 0 Å². The molecule has 1 nitrogen and oxygen atoms in total. The second-order valence-corrected chi connectivity index (χ2v) is 12.4. The maximum atomic E-state index is 12.1. The maximum absolute atomic E-state index is 12.1. The topological polar surface area (TPSA) is 17.1 Å². The molecule has 0 aromatic carbocycles. The highest BCUT2D eigenvalue weighted by molar-refractivity contribution is 5.78. The quantitative estimate of drug-likeness (QED) is 0.0806. The highest BCUT2D eigenvalue weighted by Crippen LogP contribution is 2.21. The molecule has 1 atom stereocenters. The molecule has 0 saturated heterocycles. The minimum absolute atomic E-state index is 0.347. The van der Waals surface area contributed by atoms with Crippen molar-refractivity contribution in [3.05, 3.63) is 0 Å². The van der Waals surface area contributed by atoms with Crippen LogP contribution in [0.5, 0.6) is 0 Å². The van der Waals surface area contributed by atoms with Crippen LogP contribution in [-0.2, 0) is 4.79 Å². The van der Waals surface area contributed by atoms with Gasteiger partial charge in [0.1, 0.15) is 5.78 Å². The van der Waals surface area contributed by atoms with E-state index in [9.17, 15) is 4.79 Å². The Morgan fingerprint density at radius 2 is 0.541 bits per heavy atom. The first-order valence-electron chi connectivity index (χ1n) is 17.7. The van der Waals surface area contributed by atoms with Gasteiger partial charge in [-0.05, 0) is 19.8 Å². The van der Waals surface area contributed by atoms with Crippen molar-refractivity contribution in [1.29, 1.82) is 0 Å². The molecule has 0 saturated carbocycles. The average Bonchev–Trinajstić information content (AvgIpc) is 2.89. The van der Waals surface area contributed by atoms with Gasteiger partial charge < -0.3 is 0 Å². The minimum atomic E-state index is 0.347. The van der Waals surface area contributed by atoms with Crippen LogP contribution in [-0.4, -0.2) is 5.78 Å². The molecule has 0 bridgehead atoms. The van der Waals surface area contributed by atoms with E-state index in [1.165, 1.54) is 186 Å². The molecule has 0 rings (SSSR count). The van der Waals surface area contributed by atoms with Crippen LogP contribution in [0.2, 0.25) is 0 Å². The van der Waals surface area contributed by atoms with Crippen molar-refractivity contribution in [2.45, 2.75) is 220 Å². The molecule has 0 fully saturated rings. The van der Waals surface area contributed by atoms with E-state index < -0.39 is 0 Å². The average molecular weight is 521 g/mol. The number of unbranched alkanes of at least 4 members (excludes halogenated alkanes) is 27. The SMILES string of the molecule is CCCCCCCCCCCCCCCCCC(CCCCCCCCCCCCCCCC)C(C)=O. The molecule has 222 valence electrons. The maximum Gasteiger partial charge on any atom is 0.132 e. The van der Waals surface area contributed by atoms with E-state index >= 15 is 0 Å². The molecule has 0 aliphatic rings. The normalized spacial score (nSPS) is 12.3. The van der Waals surface area contributed by atoms with Crippen molar-refractivity contribution in [2.24, 2.45) is 5.92 Å². The van der Waals surface area contributed by atoms with Gasteiger partial charge in [0.25, 0.3) is 0 Å². The van der Waals surface area contributed by atoms with Crippen LogP contribution in [0.1, 0.15) is 220 Å². The molecule has 37 heavy (non-hydrogen) atoms. The summed E-state index contributed by atoms with van der Waals surface area (Å²) in [6.07, 6.45) is 43.2. The van der Waals surface area contributed by atoms with Crippen LogP contribution in [0.4, 0.5) is 0 Å². The summed E-state index contributed by atoms with van der Waals surface area (Å²) in [7, 11) is 0. The molecule has 0 aromatic rings. The summed E-state index contributed by atoms with van der Waals surface area (Å²) < 4.78 is 0. The van der Waals surface area contributed by atoms with Crippen LogP contribution in [0.25, 0.3) is 0 Å². The van der Waals surface area contributed by atoms with Crippen molar-refractivity contribution >= 4 is 5.78 Å². The highest BCUT2D eigenvalue weighted by atomic mass is 16.1. The molecular formula is C36H72O. The third-order valence-electron chi connectivity index (χ3n) is 8.64. The Balaban J connectivity index is 3.39. The van der Waals surface area contributed by atoms with E-state index in [2.05, 4.69) is 13.8 Å². The van der Waals surface area contributed by atoms with Crippen molar-refractivity contribution in [3.8, 4) is 0 Å². The number of Topliss-reactive ketones (excluding diaryl/α,β-unsaturated/α-hetero) is 1. The van der Waals surface area contributed by atoms with Crippen LogP contribution >= 0.6 is 0 Å². The molecule has 0 spiro atoms. The van der Waals surface area contributed by atoms with Crippen LogP contribution < -0.4 is 0 Å². The number of ketones is 1. The number of hydrogen-bond donors (Lipinski definition) is 0. The minimum Gasteiger partial charge on any atom is -0.300 e. The zero-order valence-corrected chi connectivity index (χ0v) is 26.4. The van der Waals surface area contributed by atoms with Gasteiger partial charge in [0.15, 0.2) is 0 Å². The lowest BCUT2D eigenvalue weighted by Crippen LogP contribution is -2.10. The number of rotatable bonds is 32. The molecule has 0 N–H and O–H groups in total. The first kappa shape index (κ1) is 36.7. The number of carbonyl (C=O) groups excluding carboxylic acids is 1. The zero-order chi connectivity index (χ0) is 27.1. The van der Waals surface area contributed by atoms with Gasteiger partial charge in [0.2, 0.25) is 0 Å². The van der Waals surface area contributed by atoms with Crippen LogP contribution in [0, 0.1) is 5.92 Å². The van der Waals surface area contributed by atoms with Gasteiger partial charge in [-0.15, -0.1) is 0 Å². The highest BCUT2D eigenvalue weighted by Gasteiger charge is 2.13. The summed E-state index contributed by atoms with van der Waals surface area (Å²) in [6, 6.07) is 0. The first-order chi connectivity index (χ1) is 18.2. The van der Waals surface area contributed by atoms with Gasteiger partial charge in [-0.2, -0.15) is 0 Å². The van der Waals surface area contributed by atoms with Gasteiger partial charge in [0, 0.05) is 5.92 Å². The molecule has 0 aliphatic carbocycles. The van der Waals surface area contributed by atoms with E-state index in [1.807, 2.05) is 6.92 Å². The number of carbonyl (C=O) groups is 1. The lowest BCUT2D eigenvalue weighted by Gasteiger charge is -2.13. The Bertz CT molecular complexity index is 428. The van der Waals surface area contributed by atoms with Gasteiger partial charge in [-0.1, -0.05) is 200 Å². The van der Waals surface area contributed by atoms with Gasteiger partial charge in [0.05, 0.1) is 0 Å². The molecular weight excluding hydrogens is 448 g/mol. The Kier molecular flexibility index (Phi) is 31.6. The monoisotopic (exact) mass is 521 g/mol. The van der Waals surface area contributed by atoms with Crippen molar-refractivity contribution in [2.75, 3.05) is 0 Å². The fourth-order valence-corrected chi connectivity index (χ4v) is 5.90. The summed E-state index contributed by atoms with van der Waals surface area (Å²) >= 11 is 0. The molecule has 1 heteroatoms. The van der Waals surface area contributed by atoms with Crippen LogP contribution in [0.15, 0.2) is 0 Å². The largest absolute Gasteiger partial charge is 0.300 e. The first-order valence-corrected chi connectivity index (χ1v) is 17.7. The van der Waals surface area contributed by atoms with Gasteiger partial charge in [-0.25, -0.2) is 0 Å². The van der Waals surface area contributed by atoms with E-state index in [0.29, 0.717) is 11.7 Å². The molecule has 0 aromatic heterocycles. The fourth-order valence-electron chi connectivity index (χ4n) is 5.90. The smallest absolute Gasteiger partial charge is 0.132 e. The van der Waals surface area contributed by atoms with E-state index in [1.54, 1.807) is 0 Å². The van der Waals surface area contributed by atoms with Gasteiger partial charge in [-0.3, -0.25) is 4.79 Å². The Hall–Kier alpha value is -0.330. The van der Waals surface area contributed by atoms with Crippen molar-refractivity contribution < 1.29 is 4.79 Å². The standard InChI is InChI=1S/C36H72O/c1-4-6-8-10-12-14-16-18-20-22-24-26-28-30-32-34-36(35(3)37)33-31-29-27-25-23-21-19-17-15-13-11-9-7-5-2/h36H,4-34H2,1-3H3. The Labute approximate surface area is 236 Å². The molecule has 0 radical (unpaired) electrons. The second kappa shape index (κ2) is 31.9. The molecule has 0 aliphatic heterocycles. The lowest BCUT2D eigenvalue weighted by atomic mass is 9.91. The lowest BCUT2D eigenvalue weighted by molar-refractivity contribution is -0.121. The summed E-state index contributed by atoms with van der Waals surface area (Å²) in [5.74, 6) is 0.791. The third-order valence-corrected chi connectivity index (χ3v) is 8.64. The third kappa shape index (κ3) is 30.1. The van der Waals surface area contributed by atoms with Crippen LogP contribution in [0.3, 0.4) is 0 Å². The van der Waals surface area contributed by atoms with E-state index in [4.69, 9.17) is 0 Å². The van der Waals surface area contributed by atoms with Crippen molar-refractivity contribution in [3.63, 3.8) is 0 Å². The zero-order valence-electron chi connectivity index (χ0n) is 26.4.